The van der Waals surface area contributed by atoms with Crippen LogP contribution < -0.4 is 24.8 Å². The smallest absolute Gasteiger partial charge is 0.497 e. The highest BCUT2D eigenvalue weighted by atomic mass is 32.2. The number of hydrogen-bond acceptors (Lipinski definition) is 25. The minimum atomic E-state index is -4.20. The van der Waals surface area contributed by atoms with Crippen LogP contribution in [0.1, 0.15) is 70.4 Å². The Bertz CT molecular complexity index is 3650. The standard InChI is InChI=1S/C29H38N2O10S.C27H38N2O8S.C13H13NO7/c1-36-21-7-9-23(10-8-21)42(34,35)31(41-22-11-14-37-15-12-22)18-26(32)25(17-20-5-3-2-4-6-20)30-29(33)40-27-19-39-28-24(27)13-16-38-28;1-27(2,3)36-26(31)28-24(18-20-8-6-5-7-9-20)25(30)19-29(37-22-14-16-35-17-15-22)38(32,33)23-12-10-21(34-4)11-13-23;15-13(20-9-3-1-8(2-4-9)14(16)17)21-11-7-19-12-10(11)5-6-18-12/h2-10,22,24-28,32H,11-19H2,1H3,(H,30,33);5-13,22,24-25,30H,14-19H2,1-4H3,(H,28,31);1-4,10-12H,5-7H2/t24-,25-,26+,27?,28+;24-,25+;10-,11?,12+/m000/s1. The molecule has 2 amide bonds. The van der Waals surface area contributed by atoms with Crippen LogP contribution in [0.25, 0.3) is 0 Å². The number of nitro groups is 1. The number of rotatable bonds is 26. The van der Waals surface area contributed by atoms with Crippen LogP contribution >= 0.6 is 0 Å². The fourth-order valence-corrected chi connectivity index (χ4v) is 14.2. The van der Waals surface area contributed by atoms with Crippen molar-refractivity contribution in [3.05, 3.63) is 155 Å². The first kappa shape index (κ1) is 77.5. The Hall–Kier alpha value is -7.67. The molecule has 101 heavy (non-hydrogen) atoms. The second kappa shape index (κ2) is 37.0. The predicted octanol–water partition coefficient (Wildman–Crippen LogP) is 7.42. The number of aliphatic hydroxyl groups is 2. The van der Waals surface area contributed by atoms with Crippen LogP contribution in [0, 0.1) is 22.0 Å². The van der Waals surface area contributed by atoms with E-state index in [1.165, 1.54) is 74.9 Å². The number of non-ortho nitro benzene ring substituents is 1. The Kier molecular flexibility index (Phi) is 28.4. The van der Waals surface area contributed by atoms with E-state index in [0.29, 0.717) is 76.8 Å². The summed E-state index contributed by atoms with van der Waals surface area (Å²) in [6, 6.07) is 33.8. The van der Waals surface area contributed by atoms with E-state index in [4.69, 9.17) is 66.5 Å². The van der Waals surface area contributed by atoms with Crippen molar-refractivity contribution >= 4 is 44.1 Å². The minimum Gasteiger partial charge on any atom is -0.497 e. The van der Waals surface area contributed by atoms with Crippen molar-refractivity contribution in [2.45, 2.75) is 149 Å². The van der Waals surface area contributed by atoms with Crippen molar-refractivity contribution in [2.24, 2.45) is 11.8 Å². The number of hydrogen-bond donors (Lipinski definition) is 4. The molecule has 0 aromatic heterocycles. The van der Waals surface area contributed by atoms with Crippen LogP contribution in [-0.4, -0.2) is 206 Å². The number of hydroxylamine groups is 2. The average molecular weight is 1450 g/mol. The van der Waals surface area contributed by atoms with Gasteiger partial charge in [-0.05, 0) is 144 Å². The SMILES string of the molecule is COc1ccc(S(=O)(=O)N(C[C@@H](O)[C@H](Cc2ccccc2)NC(=O)OC(C)(C)C)OC2CCOCC2)cc1.COc1ccc(S(=O)(=O)N(C[C@@H](O)[C@H](Cc2ccccc2)NC(=O)OC2CO[C@H]3OCC[C@@H]23)OC2CCOCC2)cc1.O=C(Oc1ccc([N+](=O)[O-])cc1)OC1CO[C@H]2OCC[C@@H]12. The number of ether oxygens (including phenoxy) is 12. The first-order valence-electron chi connectivity index (χ1n) is 33.3. The largest absolute Gasteiger partial charge is 0.514 e. The van der Waals surface area contributed by atoms with Gasteiger partial charge in [-0.15, -0.1) is 0 Å². The first-order valence-corrected chi connectivity index (χ1v) is 36.1. The molecule has 6 aliphatic rings. The summed E-state index contributed by atoms with van der Waals surface area (Å²) < 4.78 is 121. The Balaban J connectivity index is 0.000000186. The molecule has 6 fully saturated rings. The van der Waals surface area contributed by atoms with Crippen LogP contribution in [0.3, 0.4) is 0 Å². The molecule has 30 nitrogen and oxygen atoms in total. The summed E-state index contributed by atoms with van der Waals surface area (Å²) in [4.78, 5) is 59.3. The Labute approximate surface area is 586 Å². The van der Waals surface area contributed by atoms with Gasteiger partial charge >= 0.3 is 18.3 Å². The van der Waals surface area contributed by atoms with Crippen molar-refractivity contribution in [1.29, 1.82) is 0 Å². The van der Waals surface area contributed by atoms with Crippen molar-refractivity contribution in [1.82, 2.24) is 19.6 Å². The lowest BCUT2D eigenvalue weighted by molar-refractivity contribution is -0.384. The zero-order valence-corrected chi connectivity index (χ0v) is 58.4. The molecule has 0 aliphatic carbocycles. The summed E-state index contributed by atoms with van der Waals surface area (Å²) in [5.41, 5.74) is 0.862. The number of carbonyl (C=O) groups excluding carboxylic acids is 3. The maximum absolute atomic E-state index is 13.8. The van der Waals surface area contributed by atoms with E-state index >= 15 is 0 Å². The van der Waals surface area contributed by atoms with E-state index in [-0.39, 0.29) is 77.8 Å². The molecular formula is C69H89N5O25S2. The quantitative estimate of drug-likeness (QED) is 0.0137. The lowest BCUT2D eigenvalue weighted by atomic mass is 10.0. The molecule has 5 aromatic rings. The van der Waals surface area contributed by atoms with E-state index < -0.39 is 105 Å². The molecule has 0 spiro atoms. The van der Waals surface area contributed by atoms with Gasteiger partial charge in [-0.2, -0.15) is 0 Å². The van der Waals surface area contributed by atoms with Crippen LogP contribution in [0.15, 0.2) is 143 Å². The molecule has 6 heterocycles. The number of carbonyl (C=O) groups is 3. The molecule has 6 saturated heterocycles. The second-order valence-electron chi connectivity index (χ2n) is 25.4. The third-order valence-corrected chi connectivity index (χ3v) is 20.3. The molecule has 32 heteroatoms. The molecule has 0 radical (unpaired) electrons. The number of benzene rings is 5. The van der Waals surface area contributed by atoms with E-state index in [1.807, 2.05) is 60.7 Å². The summed E-state index contributed by atoms with van der Waals surface area (Å²) in [5.74, 6) is 1.18. The number of amides is 2. The van der Waals surface area contributed by atoms with Gasteiger partial charge in [-0.3, -0.25) is 19.8 Å². The minimum absolute atomic E-state index is 0.0164. The highest BCUT2D eigenvalue weighted by Gasteiger charge is 2.46. The molecule has 0 saturated carbocycles. The molecule has 11 rings (SSSR count). The van der Waals surface area contributed by atoms with Gasteiger partial charge in [0, 0.05) is 38.6 Å². The van der Waals surface area contributed by atoms with E-state index in [0.717, 1.165) is 32.9 Å². The highest BCUT2D eigenvalue weighted by Crippen LogP contribution is 2.35. The van der Waals surface area contributed by atoms with Crippen molar-refractivity contribution < 1.29 is 113 Å². The molecule has 5 aromatic carbocycles. The van der Waals surface area contributed by atoms with Crippen LogP contribution in [0.4, 0.5) is 20.1 Å². The summed E-state index contributed by atoms with van der Waals surface area (Å²) in [5, 5.41) is 38.8. The van der Waals surface area contributed by atoms with E-state index in [1.54, 1.807) is 32.9 Å². The van der Waals surface area contributed by atoms with Crippen molar-refractivity contribution in [3.8, 4) is 17.2 Å². The number of alkyl carbamates (subject to hydrolysis) is 2. The van der Waals surface area contributed by atoms with Gasteiger partial charge < -0.3 is 77.7 Å². The van der Waals surface area contributed by atoms with Crippen molar-refractivity contribution in [3.63, 3.8) is 0 Å². The monoisotopic (exact) mass is 1450 g/mol. The summed E-state index contributed by atoms with van der Waals surface area (Å²) in [7, 11) is -5.39. The normalized spacial score (nSPS) is 22.0. The van der Waals surface area contributed by atoms with Gasteiger partial charge in [-0.1, -0.05) is 69.6 Å². The topological polar surface area (TPSA) is 363 Å². The Morgan fingerprint density at radius 3 is 1.37 bits per heavy atom. The average Bonchev–Trinajstić information content (AvgIpc) is 0.956. The zero-order valence-electron chi connectivity index (χ0n) is 56.8. The fourth-order valence-electron chi connectivity index (χ4n) is 11.6. The van der Waals surface area contributed by atoms with Crippen LogP contribution in [0.5, 0.6) is 17.2 Å². The van der Waals surface area contributed by atoms with Gasteiger partial charge in [0.1, 0.15) is 35.1 Å². The van der Waals surface area contributed by atoms with Gasteiger partial charge in [0.25, 0.3) is 25.7 Å². The number of methoxy groups -OCH3 is 2. The van der Waals surface area contributed by atoms with E-state index in [2.05, 4.69) is 10.6 Å². The maximum atomic E-state index is 13.8. The third-order valence-electron chi connectivity index (χ3n) is 17.0. The number of nitrogens with zero attached hydrogens (tertiary/aromatic N) is 3. The molecule has 0 bridgehead atoms. The molecule has 10 atom stereocenters. The van der Waals surface area contributed by atoms with Crippen LogP contribution in [0.2, 0.25) is 0 Å². The molecule has 552 valence electrons. The lowest BCUT2D eigenvalue weighted by Crippen LogP contribution is -2.52. The summed E-state index contributed by atoms with van der Waals surface area (Å²) >= 11 is 0. The van der Waals surface area contributed by atoms with Crippen molar-refractivity contribution in [2.75, 3.05) is 80.2 Å². The maximum Gasteiger partial charge on any atom is 0.514 e. The zero-order chi connectivity index (χ0) is 72.1. The number of sulfonamides is 2. The van der Waals surface area contributed by atoms with Gasteiger partial charge in [0.15, 0.2) is 12.6 Å². The fraction of sp³-hybridized carbons (Fsp3) is 0.522. The Morgan fingerprint density at radius 2 is 0.960 bits per heavy atom. The summed E-state index contributed by atoms with van der Waals surface area (Å²) in [6.07, 6.45) is -3.38. The molecule has 4 N–H and O–H groups in total. The summed E-state index contributed by atoms with van der Waals surface area (Å²) in [6.45, 7) is 7.75. The Morgan fingerprint density at radius 1 is 0.554 bits per heavy atom. The number of nitro benzene ring substituents is 1. The third kappa shape index (κ3) is 22.9. The first-order chi connectivity index (χ1) is 48.4. The number of nitrogens with one attached hydrogen (secondary N) is 2. The number of aliphatic hydroxyl groups excluding tert-OH is 2. The molecular weight excluding hydrogens is 1360 g/mol. The van der Waals surface area contributed by atoms with E-state index in [9.17, 15) is 51.5 Å². The highest BCUT2D eigenvalue weighted by molar-refractivity contribution is 7.89. The predicted molar refractivity (Wildman–Crippen MR) is 358 cm³/mol. The molecule has 2 unspecified atom stereocenters. The molecule has 6 aliphatic heterocycles. The van der Waals surface area contributed by atoms with Gasteiger partial charge in [-0.25, -0.2) is 31.2 Å². The lowest BCUT2D eigenvalue weighted by Gasteiger charge is -2.32. The van der Waals surface area contributed by atoms with Crippen LogP contribution in [-0.2, 0) is 85.2 Å². The number of fused-ring (bicyclic) bond motifs is 2. The second-order valence-corrected chi connectivity index (χ2v) is 29.1. The van der Waals surface area contributed by atoms with Gasteiger partial charge in [0.2, 0.25) is 0 Å². The van der Waals surface area contributed by atoms with Gasteiger partial charge in [0.05, 0.1) is 117 Å².